The molecule has 1 unspecified atom stereocenters. The van der Waals surface area contributed by atoms with Gasteiger partial charge in [0.2, 0.25) is 0 Å². The summed E-state index contributed by atoms with van der Waals surface area (Å²) in [6.07, 6.45) is 11.2. The van der Waals surface area contributed by atoms with Crippen LogP contribution in [0.3, 0.4) is 0 Å². The largest absolute Gasteiger partial charge is 0.103 e. The van der Waals surface area contributed by atoms with Gasteiger partial charge in [0.05, 0.1) is 0 Å². The third-order valence-corrected chi connectivity index (χ3v) is 3.41. The normalized spacial score (nSPS) is 31.7. The molecule has 0 bridgehead atoms. The summed E-state index contributed by atoms with van der Waals surface area (Å²) in [4.78, 5) is 0. The fourth-order valence-corrected chi connectivity index (χ4v) is 2.64. The fraction of sp³-hybridized carbons (Fsp3) is 0.700. The van der Waals surface area contributed by atoms with E-state index in [4.69, 9.17) is 23.2 Å². The minimum absolute atomic E-state index is 0.429. The van der Waals surface area contributed by atoms with Crippen molar-refractivity contribution in [2.24, 2.45) is 11.3 Å². The van der Waals surface area contributed by atoms with Gasteiger partial charge in [-0.15, -0.1) is 0 Å². The van der Waals surface area contributed by atoms with Crippen molar-refractivity contribution in [3.05, 3.63) is 17.0 Å². The SMILES string of the molecule is ClC(Cl)=CC1[CH]C12CCCCC2. The van der Waals surface area contributed by atoms with E-state index in [-0.39, 0.29) is 0 Å². The van der Waals surface area contributed by atoms with Gasteiger partial charge in [-0.3, -0.25) is 0 Å². The Morgan fingerprint density at radius 1 is 1.25 bits per heavy atom. The minimum Gasteiger partial charge on any atom is -0.0712 e. The van der Waals surface area contributed by atoms with E-state index < -0.39 is 0 Å². The van der Waals surface area contributed by atoms with E-state index in [2.05, 4.69) is 6.42 Å². The summed E-state index contributed by atoms with van der Waals surface area (Å²) in [5.74, 6) is 0.572. The molecule has 0 N–H and O–H groups in total. The van der Waals surface area contributed by atoms with E-state index in [1.165, 1.54) is 32.1 Å². The molecule has 0 aromatic rings. The van der Waals surface area contributed by atoms with Crippen LogP contribution < -0.4 is 0 Å². The van der Waals surface area contributed by atoms with Crippen LogP contribution in [-0.2, 0) is 0 Å². The third kappa shape index (κ3) is 1.65. The Bertz CT molecular complexity index is 198. The molecule has 0 aromatic carbocycles. The molecule has 0 heterocycles. The first-order valence-corrected chi connectivity index (χ1v) is 5.37. The molecule has 1 radical (unpaired) electrons. The van der Waals surface area contributed by atoms with E-state index in [1.54, 1.807) is 0 Å². The summed E-state index contributed by atoms with van der Waals surface area (Å²) in [6, 6.07) is 0. The Hall–Kier alpha value is 0.320. The maximum absolute atomic E-state index is 5.62. The van der Waals surface area contributed by atoms with Gasteiger partial charge in [-0.2, -0.15) is 0 Å². The molecule has 12 heavy (non-hydrogen) atoms. The van der Waals surface area contributed by atoms with Crippen LogP contribution in [0.4, 0.5) is 0 Å². The van der Waals surface area contributed by atoms with Gasteiger partial charge in [0.15, 0.2) is 0 Å². The molecule has 67 valence electrons. The van der Waals surface area contributed by atoms with Crippen molar-refractivity contribution < 1.29 is 0 Å². The molecule has 2 saturated carbocycles. The van der Waals surface area contributed by atoms with Gasteiger partial charge in [0.25, 0.3) is 0 Å². The Morgan fingerprint density at radius 2 is 1.92 bits per heavy atom. The van der Waals surface area contributed by atoms with Crippen LogP contribution in [0.2, 0.25) is 0 Å². The highest BCUT2D eigenvalue weighted by atomic mass is 35.5. The number of rotatable bonds is 1. The zero-order chi connectivity index (χ0) is 8.60. The highest BCUT2D eigenvalue weighted by Crippen LogP contribution is 2.61. The van der Waals surface area contributed by atoms with Gasteiger partial charge in [0.1, 0.15) is 4.49 Å². The average Bonchev–Trinajstić information content (AvgIpc) is 2.63. The Kier molecular flexibility index (Phi) is 2.39. The lowest BCUT2D eigenvalue weighted by Crippen LogP contribution is -2.08. The first kappa shape index (κ1) is 8.90. The van der Waals surface area contributed by atoms with E-state index >= 15 is 0 Å². The highest BCUT2D eigenvalue weighted by molar-refractivity contribution is 6.55. The Labute approximate surface area is 83.9 Å². The van der Waals surface area contributed by atoms with E-state index in [9.17, 15) is 0 Å². The summed E-state index contributed by atoms with van der Waals surface area (Å²) >= 11 is 11.2. The topological polar surface area (TPSA) is 0 Å². The molecule has 0 aliphatic heterocycles. The molecule has 2 aliphatic rings. The Balaban J connectivity index is 1.95. The minimum atomic E-state index is 0.429. The first-order valence-electron chi connectivity index (χ1n) is 4.62. The predicted octanol–water partition coefficient (Wildman–Crippen LogP) is 4.09. The number of hydrogen-bond acceptors (Lipinski definition) is 0. The van der Waals surface area contributed by atoms with Gasteiger partial charge >= 0.3 is 0 Å². The van der Waals surface area contributed by atoms with Gasteiger partial charge in [0, 0.05) is 0 Å². The second-order valence-electron chi connectivity index (χ2n) is 3.94. The van der Waals surface area contributed by atoms with Gasteiger partial charge in [-0.05, 0) is 30.6 Å². The van der Waals surface area contributed by atoms with Crippen LogP contribution in [0.5, 0.6) is 0 Å². The summed E-state index contributed by atoms with van der Waals surface area (Å²) in [5, 5.41) is 0. The van der Waals surface area contributed by atoms with Gasteiger partial charge in [-0.25, -0.2) is 0 Å². The second-order valence-corrected chi connectivity index (χ2v) is 4.95. The Morgan fingerprint density at radius 3 is 2.50 bits per heavy atom. The smallest absolute Gasteiger partial charge is 0.0712 e. The van der Waals surface area contributed by atoms with Crippen LogP contribution >= 0.6 is 23.2 Å². The summed E-state index contributed by atoms with van der Waals surface area (Å²) < 4.78 is 0.429. The lowest BCUT2D eigenvalue weighted by Gasteiger charge is -2.21. The number of hydrogen-bond donors (Lipinski definition) is 0. The molecule has 1 atom stereocenters. The van der Waals surface area contributed by atoms with E-state index in [0.717, 1.165) is 0 Å². The zero-order valence-corrected chi connectivity index (χ0v) is 8.54. The monoisotopic (exact) mass is 203 g/mol. The molecular weight excluding hydrogens is 191 g/mol. The van der Waals surface area contributed by atoms with Crippen molar-refractivity contribution >= 4 is 23.2 Å². The molecule has 0 amide bonds. The maximum Gasteiger partial charge on any atom is 0.103 e. The molecule has 2 heteroatoms. The van der Waals surface area contributed by atoms with Crippen LogP contribution in [-0.4, -0.2) is 0 Å². The quantitative estimate of drug-likeness (QED) is 0.603. The van der Waals surface area contributed by atoms with Crippen LogP contribution in [0.1, 0.15) is 32.1 Å². The highest BCUT2D eigenvalue weighted by Gasteiger charge is 2.52. The molecule has 2 fully saturated rings. The van der Waals surface area contributed by atoms with E-state index in [1.807, 2.05) is 6.08 Å². The lowest BCUT2D eigenvalue weighted by atomic mass is 9.84. The van der Waals surface area contributed by atoms with Crippen molar-refractivity contribution in [1.82, 2.24) is 0 Å². The summed E-state index contributed by atoms with van der Waals surface area (Å²) in [6.45, 7) is 0. The van der Waals surface area contributed by atoms with Crippen molar-refractivity contribution in [3.8, 4) is 0 Å². The predicted molar refractivity (Wildman–Crippen MR) is 53.1 cm³/mol. The van der Waals surface area contributed by atoms with Crippen molar-refractivity contribution in [2.45, 2.75) is 32.1 Å². The number of halogens is 2. The average molecular weight is 204 g/mol. The van der Waals surface area contributed by atoms with Crippen molar-refractivity contribution in [3.63, 3.8) is 0 Å². The van der Waals surface area contributed by atoms with E-state index in [0.29, 0.717) is 15.8 Å². The fourth-order valence-electron chi connectivity index (χ4n) is 2.37. The van der Waals surface area contributed by atoms with Crippen molar-refractivity contribution in [1.29, 1.82) is 0 Å². The first-order chi connectivity index (χ1) is 5.73. The molecule has 2 rings (SSSR count). The summed E-state index contributed by atoms with van der Waals surface area (Å²) in [5.41, 5.74) is 0.507. The lowest BCUT2D eigenvalue weighted by molar-refractivity contribution is 0.332. The van der Waals surface area contributed by atoms with Crippen LogP contribution in [0, 0.1) is 17.8 Å². The van der Waals surface area contributed by atoms with Crippen LogP contribution in [0.25, 0.3) is 0 Å². The number of allylic oxidation sites excluding steroid dienone is 1. The zero-order valence-electron chi connectivity index (χ0n) is 7.02. The second kappa shape index (κ2) is 3.23. The molecular formula is C10H13Cl2. The van der Waals surface area contributed by atoms with Crippen molar-refractivity contribution in [2.75, 3.05) is 0 Å². The molecule has 2 aliphatic carbocycles. The molecule has 0 aromatic heterocycles. The van der Waals surface area contributed by atoms with Gasteiger partial charge < -0.3 is 0 Å². The maximum atomic E-state index is 5.62. The third-order valence-electron chi connectivity index (χ3n) is 3.16. The molecule has 0 nitrogen and oxygen atoms in total. The molecule has 0 saturated heterocycles. The van der Waals surface area contributed by atoms with Crippen LogP contribution in [0.15, 0.2) is 10.6 Å². The molecule has 1 spiro atoms. The summed E-state index contributed by atoms with van der Waals surface area (Å²) in [7, 11) is 0. The standard InChI is InChI=1S/C10H13Cl2/c11-9(12)6-8-7-10(8)4-2-1-3-5-10/h6-8H,1-5H2. The van der Waals surface area contributed by atoms with Gasteiger partial charge in [-0.1, -0.05) is 48.5 Å².